The third kappa shape index (κ3) is 2.28. The largest absolute Gasteiger partial charge is 0.348 e. The van der Waals surface area contributed by atoms with Crippen molar-refractivity contribution in [2.24, 2.45) is 0 Å². The van der Waals surface area contributed by atoms with E-state index in [-0.39, 0.29) is 17.8 Å². The van der Waals surface area contributed by atoms with Gasteiger partial charge in [-0.2, -0.15) is 5.26 Å². The van der Waals surface area contributed by atoms with Crippen LogP contribution in [0.3, 0.4) is 0 Å². The number of carbonyl (C=O) groups excluding carboxylic acids is 1. The molecule has 1 aliphatic rings. The van der Waals surface area contributed by atoms with Crippen molar-refractivity contribution < 1.29 is 9.18 Å². The van der Waals surface area contributed by atoms with Gasteiger partial charge in [-0.05, 0) is 43.2 Å². The van der Waals surface area contributed by atoms with E-state index in [1.54, 1.807) is 29.0 Å². The van der Waals surface area contributed by atoms with E-state index in [2.05, 4.69) is 5.32 Å². The number of hydrogen-bond acceptors (Lipinski definition) is 2. The van der Waals surface area contributed by atoms with Crippen LogP contribution < -0.4 is 5.32 Å². The summed E-state index contributed by atoms with van der Waals surface area (Å²) in [7, 11) is 0. The van der Waals surface area contributed by atoms with Crippen molar-refractivity contribution in [2.45, 2.75) is 18.9 Å². The fourth-order valence-corrected chi connectivity index (χ4v) is 2.05. The molecule has 1 amide bonds. The Morgan fingerprint density at radius 2 is 2.00 bits per heavy atom. The van der Waals surface area contributed by atoms with E-state index in [1.807, 2.05) is 6.07 Å². The van der Waals surface area contributed by atoms with Gasteiger partial charge in [0.1, 0.15) is 17.6 Å². The Hall–Kier alpha value is -2.61. The Kier molecular flexibility index (Phi) is 2.99. The highest BCUT2D eigenvalue weighted by atomic mass is 19.1. The first-order chi connectivity index (χ1) is 9.69. The molecule has 0 saturated heterocycles. The molecule has 100 valence electrons. The normalized spacial score (nSPS) is 13.8. The highest BCUT2D eigenvalue weighted by Gasteiger charge is 2.27. The fourth-order valence-electron chi connectivity index (χ4n) is 2.05. The number of hydrogen-bond donors (Lipinski definition) is 1. The van der Waals surface area contributed by atoms with Gasteiger partial charge >= 0.3 is 0 Å². The van der Waals surface area contributed by atoms with Crippen LogP contribution in [0.15, 0.2) is 36.5 Å². The molecule has 1 saturated carbocycles. The number of rotatable bonds is 3. The van der Waals surface area contributed by atoms with Crippen molar-refractivity contribution in [1.82, 2.24) is 9.88 Å². The number of nitrogens with one attached hydrogen (secondary N) is 1. The molecule has 2 aromatic rings. The second-order valence-electron chi connectivity index (χ2n) is 4.78. The second kappa shape index (κ2) is 4.82. The van der Waals surface area contributed by atoms with Crippen LogP contribution in [-0.2, 0) is 0 Å². The molecule has 0 radical (unpaired) electrons. The van der Waals surface area contributed by atoms with Gasteiger partial charge in [-0.15, -0.1) is 0 Å². The first-order valence-electron chi connectivity index (χ1n) is 6.37. The number of amides is 1. The molecule has 1 N–H and O–H groups in total. The third-order valence-electron chi connectivity index (χ3n) is 3.24. The summed E-state index contributed by atoms with van der Waals surface area (Å²) in [5, 5.41) is 12.0. The number of nitrogens with zero attached hydrogens (tertiary/aromatic N) is 2. The van der Waals surface area contributed by atoms with Crippen molar-refractivity contribution in [3.63, 3.8) is 0 Å². The van der Waals surface area contributed by atoms with Crippen LogP contribution in [0.5, 0.6) is 0 Å². The summed E-state index contributed by atoms with van der Waals surface area (Å²) < 4.78 is 14.6. The van der Waals surface area contributed by atoms with E-state index in [1.165, 1.54) is 12.1 Å². The minimum Gasteiger partial charge on any atom is -0.348 e. The predicted octanol–water partition coefficient (Wildman–Crippen LogP) is 2.38. The molecule has 0 aliphatic heterocycles. The summed E-state index contributed by atoms with van der Waals surface area (Å²) in [6.07, 6.45) is 3.60. The quantitative estimate of drug-likeness (QED) is 0.930. The molecule has 0 unspecified atom stereocenters. The van der Waals surface area contributed by atoms with Crippen LogP contribution in [0.25, 0.3) is 5.69 Å². The molecule has 0 atom stereocenters. The average molecular weight is 269 g/mol. The molecule has 0 spiro atoms. The number of carbonyl (C=O) groups is 1. The number of aromatic nitrogens is 1. The van der Waals surface area contributed by atoms with E-state index in [0.29, 0.717) is 16.9 Å². The molecular formula is C15H12FN3O. The van der Waals surface area contributed by atoms with Gasteiger partial charge < -0.3 is 9.88 Å². The Bertz CT molecular complexity index is 693. The van der Waals surface area contributed by atoms with Gasteiger partial charge in [0.25, 0.3) is 5.91 Å². The zero-order valence-corrected chi connectivity index (χ0v) is 10.6. The fraction of sp³-hybridized carbons (Fsp3) is 0.200. The zero-order valence-electron chi connectivity index (χ0n) is 10.6. The molecule has 4 nitrogen and oxygen atoms in total. The average Bonchev–Trinajstić information content (AvgIpc) is 3.15. The van der Waals surface area contributed by atoms with E-state index in [0.717, 1.165) is 12.8 Å². The molecule has 20 heavy (non-hydrogen) atoms. The van der Waals surface area contributed by atoms with Gasteiger partial charge in [-0.1, -0.05) is 0 Å². The van der Waals surface area contributed by atoms with Crippen LogP contribution >= 0.6 is 0 Å². The van der Waals surface area contributed by atoms with Gasteiger partial charge in [-0.25, -0.2) is 4.39 Å². The maximum absolute atomic E-state index is 13.0. The molecule has 5 heteroatoms. The van der Waals surface area contributed by atoms with Gasteiger partial charge in [0.05, 0.1) is 5.56 Å². The molecule has 1 aliphatic carbocycles. The summed E-state index contributed by atoms with van der Waals surface area (Å²) in [6.45, 7) is 0. The lowest BCUT2D eigenvalue weighted by Gasteiger charge is -2.10. The van der Waals surface area contributed by atoms with E-state index >= 15 is 0 Å². The van der Waals surface area contributed by atoms with Crippen molar-refractivity contribution in [3.8, 4) is 11.8 Å². The Morgan fingerprint density at radius 3 is 2.60 bits per heavy atom. The Balaban J connectivity index is 2.02. The molecular weight excluding hydrogens is 257 g/mol. The van der Waals surface area contributed by atoms with Gasteiger partial charge in [0, 0.05) is 17.9 Å². The topological polar surface area (TPSA) is 57.8 Å². The highest BCUT2D eigenvalue weighted by Crippen LogP contribution is 2.22. The SMILES string of the molecule is N#Cc1ccn(-c2ccc(F)cc2)c1C(=O)NC1CC1. The first kappa shape index (κ1) is 12.4. The summed E-state index contributed by atoms with van der Waals surface area (Å²) >= 11 is 0. The first-order valence-corrected chi connectivity index (χ1v) is 6.37. The van der Waals surface area contributed by atoms with Crippen LogP contribution in [0.1, 0.15) is 28.9 Å². The minimum absolute atomic E-state index is 0.214. The second-order valence-corrected chi connectivity index (χ2v) is 4.78. The Morgan fingerprint density at radius 1 is 1.30 bits per heavy atom. The standard InChI is InChI=1S/C15H12FN3O/c16-11-1-5-13(6-2-11)19-8-7-10(9-17)14(19)15(20)18-12-3-4-12/h1-2,5-8,12H,3-4H2,(H,18,20). The number of benzene rings is 1. The van der Waals surface area contributed by atoms with E-state index < -0.39 is 0 Å². The zero-order chi connectivity index (χ0) is 14.1. The molecule has 0 bridgehead atoms. The lowest BCUT2D eigenvalue weighted by molar-refractivity contribution is 0.0944. The smallest absolute Gasteiger partial charge is 0.269 e. The van der Waals surface area contributed by atoms with Gasteiger partial charge in [0.15, 0.2) is 0 Å². The van der Waals surface area contributed by atoms with Crippen LogP contribution in [0, 0.1) is 17.1 Å². The molecule has 3 rings (SSSR count). The maximum Gasteiger partial charge on any atom is 0.269 e. The molecule has 1 aromatic carbocycles. The maximum atomic E-state index is 13.0. The van der Waals surface area contributed by atoms with Crippen LogP contribution in [-0.4, -0.2) is 16.5 Å². The third-order valence-corrected chi connectivity index (χ3v) is 3.24. The monoisotopic (exact) mass is 269 g/mol. The van der Waals surface area contributed by atoms with Crippen LogP contribution in [0.2, 0.25) is 0 Å². The number of halogens is 1. The molecule has 1 aromatic heterocycles. The van der Waals surface area contributed by atoms with Gasteiger partial charge in [-0.3, -0.25) is 4.79 Å². The van der Waals surface area contributed by atoms with Crippen molar-refractivity contribution >= 4 is 5.91 Å². The van der Waals surface area contributed by atoms with E-state index in [9.17, 15) is 9.18 Å². The summed E-state index contributed by atoms with van der Waals surface area (Å²) in [5.41, 5.74) is 1.26. The minimum atomic E-state index is -0.342. The molecule has 1 fully saturated rings. The van der Waals surface area contributed by atoms with Crippen molar-refractivity contribution in [2.75, 3.05) is 0 Å². The summed E-state index contributed by atoms with van der Waals surface area (Å²) in [4.78, 5) is 12.2. The lowest BCUT2D eigenvalue weighted by atomic mass is 10.2. The predicted molar refractivity (Wildman–Crippen MR) is 70.9 cm³/mol. The lowest BCUT2D eigenvalue weighted by Crippen LogP contribution is -2.28. The molecule has 1 heterocycles. The summed E-state index contributed by atoms with van der Waals surface area (Å²) in [6, 6.07) is 9.61. The van der Waals surface area contributed by atoms with Crippen molar-refractivity contribution in [3.05, 3.63) is 53.6 Å². The number of nitriles is 1. The highest BCUT2D eigenvalue weighted by molar-refractivity contribution is 5.96. The summed E-state index contributed by atoms with van der Waals surface area (Å²) in [5.74, 6) is -0.608. The Labute approximate surface area is 115 Å². The van der Waals surface area contributed by atoms with Gasteiger partial charge in [0.2, 0.25) is 0 Å². The van der Waals surface area contributed by atoms with Crippen molar-refractivity contribution in [1.29, 1.82) is 5.26 Å². The van der Waals surface area contributed by atoms with E-state index in [4.69, 9.17) is 5.26 Å². The van der Waals surface area contributed by atoms with Crippen LogP contribution in [0.4, 0.5) is 4.39 Å².